The third-order valence-electron chi connectivity index (χ3n) is 2.56. The van der Waals surface area contributed by atoms with E-state index in [1.807, 2.05) is 0 Å². The van der Waals surface area contributed by atoms with Crippen molar-refractivity contribution >= 4 is 11.6 Å². The van der Waals surface area contributed by atoms with E-state index in [1.165, 1.54) is 18.2 Å². The van der Waals surface area contributed by atoms with Gasteiger partial charge in [0.05, 0.1) is 0 Å². The highest BCUT2D eigenvalue weighted by Gasteiger charge is 2.08. The Morgan fingerprint density at radius 2 is 1.89 bits per heavy atom. The number of nitrogens with one attached hydrogen (secondary N) is 1. The maximum absolute atomic E-state index is 11.9. The molecule has 0 aliphatic rings. The number of aromatic hydroxyl groups is 2. The van der Waals surface area contributed by atoms with E-state index in [1.54, 1.807) is 31.2 Å². The van der Waals surface area contributed by atoms with E-state index in [2.05, 4.69) is 5.32 Å². The molecular weight excluding hydrogens is 230 g/mol. The summed E-state index contributed by atoms with van der Waals surface area (Å²) in [4.78, 5) is 11.9. The number of amides is 1. The number of carbonyl (C=O) groups is 1. The van der Waals surface area contributed by atoms with Crippen LogP contribution in [-0.2, 0) is 0 Å². The summed E-state index contributed by atoms with van der Waals surface area (Å²) in [7, 11) is 0. The minimum Gasteiger partial charge on any atom is -0.508 e. The standard InChI is InChI=1S/C14H13NO3/c1-9-7-10(5-6-13(9)17)14(18)15-11-3-2-4-12(16)8-11/h2-8,16-17H,1H3,(H,15,18). The van der Waals surface area contributed by atoms with Gasteiger partial charge in [-0.25, -0.2) is 0 Å². The van der Waals surface area contributed by atoms with E-state index in [0.717, 1.165) is 0 Å². The van der Waals surface area contributed by atoms with Gasteiger partial charge in [-0.2, -0.15) is 0 Å². The highest BCUT2D eigenvalue weighted by molar-refractivity contribution is 6.04. The Bertz CT molecular complexity index is 593. The number of rotatable bonds is 2. The van der Waals surface area contributed by atoms with Crippen LogP contribution < -0.4 is 5.32 Å². The molecule has 0 radical (unpaired) electrons. The van der Waals surface area contributed by atoms with Gasteiger partial charge in [-0.3, -0.25) is 4.79 Å². The van der Waals surface area contributed by atoms with Gasteiger partial charge in [0, 0.05) is 17.3 Å². The topological polar surface area (TPSA) is 69.6 Å². The SMILES string of the molecule is Cc1cc(C(=O)Nc2cccc(O)c2)ccc1O. The Morgan fingerprint density at radius 3 is 2.56 bits per heavy atom. The average molecular weight is 243 g/mol. The van der Waals surface area contributed by atoms with Crippen LogP contribution in [0.25, 0.3) is 0 Å². The quantitative estimate of drug-likeness (QED) is 0.759. The first-order valence-corrected chi connectivity index (χ1v) is 5.46. The molecule has 0 aliphatic carbocycles. The van der Waals surface area contributed by atoms with Crippen LogP contribution >= 0.6 is 0 Å². The van der Waals surface area contributed by atoms with Crippen molar-refractivity contribution in [2.45, 2.75) is 6.92 Å². The minimum atomic E-state index is -0.288. The molecular formula is C14H13NO3. The van der Waals surface area contributed by atoms with E-state index in [0.29, 0.717) is 16.8 Å². The highest BCUT2D eigenvalue weighted by atomic mass is 16.3. The summed E-state index contributed by atoms with van der Waals surface area (Å²) in [5, 5.41) is 21.3. The van der Waals surface area contributed by atoms with Crippen molar-refractivity contribution in [3.63, 3.8) is 0 Å². The third kappa shape index (κ3) is 2.60. The van der Waals surface area contributed by atoms with Crippen LogP contribution in [0.3, 0.4) is 0 Å². The summed E-state index contributed by atoms with van der Waals surface area (Å²) in [6.07, 6.45) is 0. The Kier molecular flexibility index (Phi) is 3.19. The molecule has 0 bridgehead atoms. The lowest BCUT2D eigenvalue weighted by molar-refractivity contribution is 0.102. The van der Waals surface area contributed by atoms with Crippen LogP contribution in [-0.4, -0.2) is 16.1 Å². The lowest BCUT2D eigenvalue weighted by atomic mass is 10.1. The molecule has 92 valence electrons. The molecule has 0 aliphatic heterocycles. The summed E-state index contributed by atoms with van der Waals surface area (Å²) in [5.74, 6) is -0.0395. The molecule has 2 aromatic rings. The van der Waals surface area contributed by atoms with Gasteiger partial charge >= 0.3 is 0 Å². The van der Waals surface area contributed by atoms with Crippen molar-refractivity contribution < 1.29 is 15.0 Å². The second-order valence-corrected chi connectivity index (χ2v) is 4.01. The van der Waals surface area contributed by atoms with Gasteiger partial charge in [-0.05, 0) is 42.8 Å². The van der Waals surface area contributed by atoms with E-state index in [4.69, 9.17) is 0 Å². The number of anilines is 1. The zero-order chi connectivity index (χ0) is 13.1. The van der Waals surface area contributed by atoms with Crippen LogP contribution in [0.1, 0.15) is 15.9 Å². The molecule has 18 heavy (non-hydrogen) atoms. The van der Waals surface area contributed by atoms with Crippen LogP contribution in [0.15, 0.2) is 42.5 Å². The van der Waals surface area contributed by atoms with Gasteiger partial charge in [0.2, 0.25) is 0 Å². The lowest BCUT2D eigenvalue weighted by Gasteiger charge is -2.07. The normalized spacial score (nSPS) is 10.1. The molecule has 0 saturated carbocycles. The van der Waals surface area contributed by atoms with Crippen molar-refractivity contribution in [2.24, 2.45) is 0 Å². The smallest absolute Gasteiger partial charge is 0.255 e. The van der Waals surface area contributed by atoms with Crippen molar-refractivity contribution in [1.82, 2.24) is 0 Å². The molecule has 0 saturated heterocycles. The Labute approximate surface area is 105 Å². The number of aryl methyl sites for hydroxylation is 1. The molecule has 2 aromatic carbocycles. The molecule has 4 nitrogen and oxygen atoms in total. The molecule has 0 fully saturated rings. The van der Waals surface area contributed by atoms with Crippen molar-refractivity contribution in [2.75, 3.05) is 5.32 Å². The lowest BCUT2D eigenvalue weighted by Crippen LogP contribution is -2.11. The number of hydrogen-bond acceptors (Lipinski definition) is 3. The molecule has 4 heteroatoms. The van der Waals surface area contributed by atoms with Gasteiger partial charge in [0.1, 0.15) is 11.5 Å². The Balaban J connectivity index is 2.19. The number of phenolic OH excluding ortho intramolecular Hbond substituents is 2. The van der Waals surface area contributed by atoms with Crippen molar-refractivity contribution in [3.05, 3.63) is 53.6 Å². The summed E-state index contributed by atoms with van der Waals surface area (Å²) >= 11 is 0. The summed E-state index contributed by atoms with van der Waals surface area (Å²) in [5.41, 5.74) is 1.61. The monoisotopic (exact) mass is 243 g/mol. The fourth-order valence-corrected chi connectivity index (χ4v) is 1.58. The summed E-state index contributed by atoms with van der Waals surface area (Å²) in [6, 6.07) is 10.9. The molecule has 0 atom stereocenters. The zero-order valence-corrected chi connectivity index (χ0v) is 9.84. The average Bonchev–Trinajstić information content (AvgIpc) is 2.32. The summed E-state index contributed by atoms with van der Waals surface area (Å²) in [6.45, 7) is 1.72. The highest BCUT2D eigenvalue weighted by Crippen LogP contribution is 2.19. The van der Waals surface area contributed by atoms with E-state index < -0.39 is 0 Å². The first kappa shape index (κ1) is 12.0. The number of phenols is 2. The maximum Gasteiger partial charge on any atom is 0.255 e. The first-order valence-electron chi connectivity index (χ1n) is 5.46. The molecule has 0 unspecified atom stereocenters. The predicted octanol–water partition coefficient (Wildman–Crippen LogP) is 2.66. The largest absolute Gasteiger partial charge is 0.508 e. The minimum absolute atomic E-state index is 0.0923. The van der Waals surface area contributed by atoms with Gasteiger partial charge < -0.3 is 15.5 Å². The third-order valence-corrected chi connectivity index (χ3v) is 2.56. The predicted molar refractivity (Wildman–Crippen MR) is 68.9 cm³/mol. The van der Waals surface area contributed by atoms with Crippen molar-refractivity contribution in [3.8, 4) is 11.5 Å². The van der Waals surface area contributed by atoms with E-state index in [-0.39, 0.29) is 17.4 Å². The first-order chi connectivity index (χ1) is 8.56. The van der Waals surface area contributed by atoms with Gasteiger partial charge in [-0.15, -0.1) is 0 Å². The fraction of sp³-hybridized carbons (Fsp3) is 0.0714. The number of carbonyl (C=O) groups excluding carboxylic acids is 1. The second-order valence-electron chi connectivity index (χ2n) is 4.01. The molecule has 3 N–H and O–H groups in total. The van der Waals surface area contributed by atoms with Crippen LogP contribution in [0.5, 0.6) is 11.5 Å². The molecule has 0 aromatic heterocycles. The van der Waals surface area contributed by atoms with E-state index in [9.17, 15) is 15.0 Å². The van der Waals surface area contributed by atoms with Crippen LogP contribution in [0.2, 0.25) is 0 Å². The van der Waals surface area contributed by atoms with Crippen LogP contribution in [0.4, 0.5) is 5.69 Å². The molecule has 2 rings (SSSR count). The second kappa shape index (κ2) is 4.79. The van der Waals surface area contributed by atoms with Crippen LogP contribution in [0, 0.1) is 6.92 Å². The summed E-state index contributed by atoms with van der Waals surface area (Å²) < 4.78 is 0. The zero-order valence-electron chi connectivity index (χ0n) is 9.84. The van der Waals surface area contributed by atoms with Gasteiger partial charge in [-0.1, -0.05) is 6.07 Å². The van der Waals surface area contributed by atoms with Gasteiger partial charge in [0.25, 0.3) is 5.91 Å². The Morgan fingerprint density at radius 1 is 1.11 bits per heavy atom. The number of benzene rings is 2. The van der Waals surface area contributed by atoms with E-state index >= 15 is 0 Å². The van der Waals surface area contributed by atoms with Gasteiger partial charge in [0.15, 0.2) is 0 Å². The molecule has 1 amide bonds. The molecule has 0 heterocycles. The fourth-order valence-electron chi connectivity index (χ4n) is 1.58. The number of hydrogen-bond donors (Lipinski definition) is 3. The Hall–Kier alpha value is -2.49. The molecule has 0 spiro atoms. The van der Waals surface area contributed by atoms with Crippen molar-refractivity contribution in [1.29, 1.82) is 0 Å². The maximum atomic E-state index is 11.9.